The zero-order valence-corrected chi connectivity index (χ0v) is 22.9. The maximum Gasteiger partial charge on any atom is 0.243 e. The minimum absolute atomic E-state index is 0.00304. The molecule has 0 aliphatic carbocycles. The molecule has 0 bridgehead atoms. The third-order valence-electron chi connectivity index (χ3n) is 6.46. The lowest BCUT2D eigenvalue weighted by molar-refractivity contribution is -0.141. The Morgan fingerprint density at radius 3 is 2.31 bits per heavy atom. The number of aryl methyl sites for hydroxylation is 2. The van der Waals surface area contributed by atoms with Crippen molar-refractivity contribution in [1.29, 1.82) is 0 Å². The van der Waals surface area contributed by atoms with Gasteiger partial charge in [-0.1, -0.05) is 90.3 Å². The lowest BCUT2D eigenvalue weighted by Gasteiger charge is -2.32. The van der Waals surface area contributed by atoms with Gasteiger partial charge in [0.1, 0.15) is 6.04 Å². The van der Waals surface area contributed by atoms with Crippen LogP contribution in [0.3, 0.4) is 0 Å². The Balaban J connectivity index is 2.02. The van der Waals surface area contributed by atoms with Crippen molar-refractivity contribution in [2.75, 3.05) is 0 Å². The van der Waals surface area contributed by atoms with Gasteiger partial charge in [0.2, 0.25) is 11.8 Å². The van der Waals surface area contributed by atoms with Crippen molar-refractivity contribution < 1.29 is 9.59 Å². The summed E-state index contributed by atoms with van der Waals surface area (Å²) < 4.78 is 0. The predicted molar refractivity (Wildman–Crippen MR) is 148 cm³/mol. The van der Waals surface area contributed by atoms with Crippen LogP contribution in [0.5, 0.6) is 0 Å². The van der Waals surface area contributed by atoms with E-state index >= 15 is 0 Å². The number of rotatable bonds is 10. The van der Waals surface area contributed by atoms with E-state index in [1.807, 2.05) is 82.3 Å². The highest BCUT2D eigenvalue weighted by atomic mass is 35.5. The fraction of sp³-hybridized carbons (Fsp3) is 0.333. The lowest BCUT2D eigenvalue weighted by Crippen LogP contribution is -2.52. The molecule has 1 N–H and O–H groups in total. The zero-order chi connectivity index (χ0) is 26.2. The Morgan fingerprint density at radius 2 is 1.64 bits per heavy atom. The minimum atomic E-state index is -0.687. The van der Waals surface area contributed by atoms with Gasteiger partial charge in [-0.3, -0.25) is 9.59 Å². The second kappa shape index (κ2) is 12.9. The van der Waals surface area contributed by atoms with Gasteiger partial charge in [0.25, 0.3) is 0 Å². The highest BCUT2D eigenvalue weighted by Crippen LogP contribution is 2.25. The van der Waals surface area contributed by atoms with Gasteiger partial charge in [-0.25, -0.2) is 0 Å². The Labute approximate surface area is 224 Å². The summed E-state index contributed by atoms with van der Waals surface area (Å²) in [5.41, 5.74) is 4.90. The van der Waals surface area contributed by atoms with E-state index in [4.69, 9.17) is 23.2 Å². The molecule has 0 fully saturated rings. The molecular weight excluding hydrogens is 491 g/mol. The van der Waals surface area contributed by atoms with Crippen LogP contribution in [0.15, 0.2) is 66.7 Å². The van der Waals surface area contributed by atoms with Crippen molar-refractivity contribution in [3.8, 4) is 0 Å². The van der Waals surface area contributed by atoms with Crippen molar-refractivity contribution in [2.24, 2.45) is 0 Å². The lowest BCUT2D eigenvalue weighted by atomic mass is 9.99. The fourth-order valence-electron chi connectivity index (χ4n) is 4.08. The summed E-state index contributed by atoms with van der Waals surface area (Å²) in [6.45, 7) is 8.25. The number of halogens is 2. The van der Waals surface area contributed by atoms with E-state index < -0.39 is 6.04 Å². The van der Waals surface area contributed by atoms with Crippen LogP contribution in [-0.2, 0) is 29.0 Å². The van der Waals surface area contributed by atoms with Crippen LogP contribution in [0.2, 0.25) is 10.0 Å². The molecule has 0 aliphatic rings. The van der Waals surface area contributed by atoms with Crippen LogP contribution in [0.4, 0.5) is 0 Å². The largest absolute Gasteiger partial charge is 0.352 e. The SMILES string of the molecule is CC[C@H](C)NC(=O)[C@@H](Cc1ccccc1)N(Cc1ccc(Cl)c(Cl)c1)C(=O)Cc1cc(C)ccc1C. The smallest absolute Gasteiger partial charge is 0.243 e. The monoisotopic (exact) mass is 524 g/mol. The molecule has 0 spiro atoms. The molecule has 3 aromatic carbocycles. The maximum atomic E-state index is 13.9. The van der Waals surface area contributed by atoms with Crippen LogP contribution < -0.4 is 5.32 Å². The van der Waals surface area contributed by atoms with Crippen LogP contribution in [-0.4, -0.2) is 28.8 Å². The third-order valence-corrected chi connectivity index (χ3v) is 7.19. The van der Waals surface area contributed by atoms with Gasteiger partial charge in [-0.2, -0.15) is 0 Å². The number of hydrogen-bond acceptors (Lipinski definition) is 2. The summed E-state index contributed by atoms with van der Waals surface area (Å²) >= 11 is 12.4. The first-order valence-electron chi connectivity index (χ1n) is 12.3. The molecule has 0 saturated carbocycles. The van der Waals surface area contributed by atoms with Gasteiger partial charge in [-0.05, 0) is 61.6 Å². The Kier molecular flexibility index (Phi) is 9.98. The number of carbonyl (C=O) groups is 2. The van der Waals surface area contributed by atoms with Gasteiger partial charge in [-0.15, -0.1) is 0 Å². The third kappa shape index (κ3) is 7.59. The average Bonchev–Trinajstić information content (AvgIpc) is 2.86. The summed E-state index contributed by atoms with van der Waals surface area (Å²) in [5, 5.41) is 3.96. The summed E-state index contributed by atoms with van der Waals surface area (Å²) in [5.74, 6) is -0.280. The van der Waals surface area contributed by atoms with E-state index in [0.29, 0.717) is 16.5 Å². The molecular formula is C30H34Cl2N2O2. The number of hydrogen-bond donors (Lipinski definition) is 1. The maximum absolute atomic E-state index is 13.9. The van der Waals surface area contributed by atoms with E-state index in [2.05, 4.69) is 5.32 Å². The van der Waals surface area contributed by atoms with Crippen LogP contribution in [0.1, 0.15) is 48.1 Å². The second-order valence-electron chi connectivity index (χ2n) is 9.40. The Hall–Kier alpha value is -2.82. The molecule has 6 heteroatoms. The molecule has 0 aromatic heterocycles. The quantitative estimate of drug-likeness (QED) is 0.320. The van der Waals surface area contributed by atoms with E-state index in [0.717, 1.165) is 34.2 Å². The molecule has 0 heterocycles. The van der Waals surface area contributed by atoms with E-state index in [-0.39, 0.29) is 30.8 Å². The first kappa shape index (κ1) is 27.8. The van der Waals surface area contributed by atoms with Crippen LogP contribution >= 0.6 is 23.2 Å². The molecule has 0 radical (unpaired) electrons. The number of nitrogens with zero attached hydrogens (tertiary/aromatic N) is 1. The zero-order valence-electron chi connectivity index (χ0n) is 21.4. The highest BCUT2D eigenvalue weighted by Gasteiger charge is 2.31. The molecule has 4 nitrogen and oxygen atoms in total. The summed E-state index contributed by atoms with van der Waals surface area (Å²) in [4.78, 5) is 29.2. The molecule has 36 heavy (non-hydrogen) atoms. The topological polar surface area (TPSA) is 49.4 Å². The summed E-state index contributed by atoms with van der Waals surface area (Å²) in [7, 11) is 0. The van der Waals surface area contributed by atoms with Gasteiger partial charge in [0, 0.05) is 19.0 Å². The van der Waals surface area contributed by atoms with Crippen LogP contribution in [0, 0.1) is 13.8 Å². The number of carbonyl (C=O) groups excluding carboxylic acids is 2. The average molecular weight is 526 g/mol. The number of amides is 2. The van der Waals surface area contributed by atoms with Gasteiger partial charge < -0.3 is 10.2 Å². The Morgan fingerprint density at radius 1 is 0.917 bits per heavy atom. The standard InChI is InChI=1S/C30H34Cl2N2O2/c1-5-22(4)33-30(36)28(17-23-9-7-6-8-10-23)34(19-24-13-14-26(31)27(32)16-24)29(35)18-25-15-20(2)11-12-21(25)3/h6-16,22,28H,5,17-19H2,1-4H3,(H,33,36)/t22-,28+/m0/s1. The van der Waals surface area contributed by atoms with Crippen molar-refractivity contribution >= 4 is 35.0 Å². The van der Waals surface area contributed by atoms with E-state index in [9.17, 15) is 9.59 Å². The van der Waals surface area contributed by atoms with Crippen molar-refractivity contribution in [1.82, 2.24) is 10.2 Å². The molecule has 0 aliphatic heterocycles. The summed E-state index contributed by atoms with van der Waals surface area (Å²) in [6.07, 6.45) is 1.41. The fourth-order valence-corrected chi connectivity index (χ4v) is 4.41. The molecule has 0 saturated heterocycles. The van der Waals surface area contributed by atoms with Crippen molar-refractivity contribution in [3.63, 3.8) is 0 Å². The molecule has 0 unspecified atom stereocenters. The molecule has 2 amide bonds. The molecule has 190 valence electrons. The predicted octanol–water partition coefficient (Wildman–Crippen LogP) is 6.71. The first-order valence-corrected chi connectivity index (χ1v) is 13.1. The van der Waals surface area contributed by atoms with E-state index in [1.165, 1.54) is 0 Å². The van der Waals surface area contributed by atoms with Crippen LogP contribution in [0.25, 0.3) is 0 Å². The number of benzene rings is 3. The van der Waals surface area contributed by atoms with E-state index in [1.54, 1.807) is 17.0 Å². The second-order valence-corrected chi connectivity index (χ2v) is 10.2. The van der Waals surface area contributed by atoms with Crippen molar-refractivity contribution in [3.05, 3.63) is 105 Å². The van der Waals surface area contributed by atoms with Crippen molar-refractivity contribution in [2.45, 2.75) is 65.6 Å². The normalized spacial score (nSPS) is 12.6. The minimum Gasteiger partial charge on any atom is -0.352 e. The molecule has 3 aromatic rings. The van der Waals surface area contributed by atoms with Gasteiger partial charge in [0.05, 0.1) is 16.5 Å². The first-order chi connectivity index (χ1) is 17.2. The molecule has 2 atom stereocenters. The van der Waals surface area contributed by atoms with Gasteiger partial charge >= 0.3 is 0 Å². The molecule has 3 rings (SSSR count). The Bertz CT molecular complexity index is 1200. The highest BCUT2D eigenvalue weighted by molar-refractivity contribution is 6.42. The number of nitrogens with one attached hydrogen (secondary N) is 1. The summed E-state index contributed by atoms with van der Waals surface area (Å²) in [6, 6.07) is 20.5. The van der Waals surface area contributed by atoms with Gasteiger partial charge in [0.15, 0.2) is 0 Å².